The molecule has 0 saturated carbocycles. The Morgan fingerprint density at radius 2 is 1.44 bits per heavy atom. The molecule has 0 aliphatic rings. The Balaban J connectivity index is 1.34. The smallest absolute Gasteiger partial charge is 0.191 e. The fourth-order valence-corrected chi connectivity index (χ4v) is 5.32. The van der Waals surface area contributed by atoms with Gasteiger partial charge in [0.1, 0.15) is 35.4 Å². The second-order valence-corrected chi connectivity index (χ2v) is 10.6. The molecule has 5 aromatic rings. The Morgan fingerprint density at radius 1 is 0.767 bits per heavy atom. The zero-order valence-corrected chi connectivity index (χ0v) is 25.0. The van der Waals surface area contributed by atoms with Crippen molar-refractivity contribution in [3.63, 3.8) is 0 Å². The van der Waals surface area contributed by atoms with Gasteiger partial charge in [-0.3, -0.25) is 4.57 Å². The Labute approximate surface area is 254 Å². The van der Waals surface area contributed by atoms with Crippen LogP contribution in [0.1, 0.15) is 5.56 Å². The molecular formula is C33H33N3O6S. The average molecular weight is 600 g/mol. The van der Waals surface area contributed by atoms with Crippen LogP contribution in [-0.2, 0) is 6.54 Å². The van der Waals surface area contributed by atoms with Crippen LogP contribution in [0, 0.1) is 0 Å². The second-order valence-electron chi connectivity index (χ2n) is 9.66. The van der Waals surface area contributed by atoms with Gasteiger partial charge in [-0.15, -0.1) is 10.2 Å². The first-order valence-corrected chi connectivity index (χ1v) is 14.6. The van der Waals surface area contributed by atoms with Gasteiger partial charge in [0.25, 0.3) is 0 Å². The van der Waals surface area contributed by atoms with Crippen molar-refractivity contribution in [2.24, 2.45) is 0 Å². The van der Waals surface area contributed by atoms with Crippen molar-refractivity contribution >= 4 is 11.8 Å². The largest absolute Gasteiger partial charge is 0.508 e. The lowest BCUT2D eigenvalue weighted by molar-refractivity contribution is 0.126. The maximum atomic E-state index is 10.9. The van der Waals surface area contributed by atoms with Gasteiger partial charge in [-0.05, 0) is 53.6 Å². The van der Waals surface area contributed by atoms with Crippen LogP contribution >= 0.6 is 11.8 Å². The van der Waals surface area contributed by atoms with E-state index in [9.17, 15) is 10.2 Å². The molecule has 1 heterocycles. The molecule has 1 aromatic heterocycles. The molecule has 0 fully saturated rings. The van der Waals surface area contributed by atoms with Crippen LogP contribution in [-0.4, -0.2) is 64.8 Å². The van der Waals surface area contributed by atoms with E-state index in [2.05, 4.69) is 10.2 Å². The quantitative estimate of drug-likeness (QED) is 0.159. The summed E-state index contributed by atoms with van der Waals surface area (Å²) in [6.07, 6.45) is -0.774. The van der Waals surface area contributed by atoms with Crippen LogP contribution in [0.4, 0.5) is 0 Å². The van der Waals surface area contributed by atoms with E-state index in [4.69, 9.17) is 18.9 Å². The fraction of sp³-hybridized carbons (Fsp3) is 0.212. The van der Waals surface area contributed by atoms with E-state index in [0.29, 0.717) is 40.5 Å². The van der Waals surface area contributed by atoms with E-state index in [1.807, 2.05) is 77.4 Å². The highest BCUT2D eigenvalue weighted by Crippen LogP contribution is 2.33. The number of aliphatic hydroxyl groups excluding tert-OH is 1. The predicted octanol–water partition coefficient (Wildman–Crippen LogP) is 5.92. The molecule has 0 bridgehead atoms. The van der Waals surface area contributed by atoms with Gasteiger partial charge in [0, 0.05) is 22.9 Å². The number of nitrogens with zero attached hydrogens (tertiary/aromatic N) is 3. The van der Waals surface area contributed by atoms with Crippen molar-refractivity contribution in [3.05, 3.63) is 96.6 Å². The molecule has 43 heavy (non-hydrogen) atoms. The summed E-state index contributed by atoms with van der Waals surface area (Å²) in [4.78, 5) is 0. The van der Waals surface area contributed by atoms with Crippen LogP contribution in [0.5, 0.6) is 28.7 Å². The number of aromatic nitrogens is 3. The van der Waals surface area contributed by atoms with Gasteiger partial charge in [0.15, 0.2) is 11.0 Å². The van der Waals surface area contributed by atoms with E-state index in [-0.39, 0.29) is 12.4 Å². The Bertz CT molecular complexity index is 1620. The highest BCUT2D eigenvalue weighted by molar-refractivity contribution is 7.99. The number of hydrogen-bond acceptors (Lipinski definition) is 9. The molecule has 0 spiro atoms. The third kappa shape index (κ3) is 7.40. The van der Waals surface area contributed by atoms with E-state index >= 15 is 0 Å². The first-order chi connectivity index (χ1) is 21.0. The van der Waals surface area contributed by atoms with Gasteiger partial charge >= 0.3 is 0 Å². The van der Waals surface area contributed by atoms with Gasteiger partial charge in [-0.2, -0.15) is 0 Å². The molecular weight excluding hydrogens is 566 g/mol. The van der Waals surface area contributed by atoms with Crippen molar-refractivity contribution < 1.29 is 29.2 Å². The zero-order valence-electron chi connectivity index (χ0n) is 24.1. The Hall–Kier alpha value is -4.67. The third-order valence-electron chi connectivity index (χ3n) is 6.73. The SMILES string of the molecule is COc1ccc(Cn2c(SCC(O)COc3ccccc3-c3ccc(O)cc3)nnc2-c2cc(OC)cc(OC)c2)cc1. The standard InChI is InChI=1S/C33H33N3O6S/c1-39-27-14-8-22(9-15-27)19-36-32(24-16-28(40-2)18-29(17-24)41-3)34-35-33(36)43-21-26(38)20-42-31-7-5-4-6-30(31)23-10-12-25(37)13-11-23/h4-18,26,37-38H,19-21H2,1-3H3. The summed E-state index contributed by atoms with van der Waals surface area (Å²) in [6.45, 7) is 0.593. The van der Waals surface area contributed by atoms with Crippen molar-refractivity contribution in [2.45, 2.75) is 17.8 Å². The summed E-state index contributed by atoms with van der Waals surface area (Å²) < 4.78 is 24.3. The lowest BCUT2D eigenvalue weighted by atomic mass is 10.0. The van der Waals surface area contributed by atoms with E-state index in [1.54, 1.807) is 39.5 Å². The highest BCUT2D eigenvalue weighted by Gasteiger charge is 2.19. The molecule has 0 saturated heterocycles. The normalized spacial score (nSPS) is 11.6. The maximum absolute atomic E-state index is 10.9. The number of methoxy groups -OCH3 is 3. The molecule has 0 radical (unpaired) electrons. The minimum atomic E-state index is -0.774. The molecule has 10 heteroatoms. The number of phenolic OH excluding ortho intramolecular Hbond substituents is 1. The Kier molecular flexibility index (Phi) is 9.70. The molecule has 1 unspecified atom stereocenters. The van der Waals surface area contributed by atoms with Gasteiger partial charge < -0.3 is 29.2 Å². The summed E-state index contributed by atoms with van der Waals surface area (Å²) >= 11 is 1.40. The van der Waals surface area contributed by atoms with Crippen molar-refractivity contribution in [3.8, 4) is 51.3 Å². The minimum absolute atomic E-state index is 0.0919. The molecule has 9 nitrogen and oxygen atoms in total. The lowest BCUT2D eigenvalue weighted by Gasteiger charge is -2.16. The number of thioether (sulfide) groups is 1. The number of phenols is 1. The first kappa shape index (κ1) is 29.8. The molecule has 0 aliphatic carbocycles. The van der Waals surface area contributed by atoms with Gasteiger partial charge in [-0.1, -0.05) is 54.2 Å². The molecule has 2 N–H and O–H groups in total. The molecule has 0 amide bonds. The number of hydrogen-bond donors (Lipinski definition) is 2. The molecule has 222 valence electrons. The summed E-state index contributed by atoms with van der Waals surface area (Å²) in [5, 5.41) is 30.2. The molecule has 0 aliphatic heterocycles. The molecule has 1 atom stereocenters. The number of ether oxygens (including phenoxy) is 4. The summed E-state index contributed by atoms with van der Waals surface area (Å²) in [5.41, 5.74) is 3.61. The number of rotatable bonds is 13. The van der Waals surface area contributed by atoms with Crippen molar-refractivity contribution in [2.75, 3.05) is 33.7 Å². The highest BCUT2D eigenvalue weighted by atomic mass is 32.2. The lowest BCUT2D eigenvalue weighted by Crippen LogP contribution is -2.20. The van der Waals surface area contributed by atoms with Gasteiger partial charge in [0.2, 0.25) is 0 Å². The van der Waals surface area contributed by atoms with Crippen molar-refractivity contribution in [1.29, 1.82) is 0 Å². The minimum Gasteiger partial charge on any atom is -0.508 e. The number of para-hydroxylation sites is 1. The number of aliphatic hydroxyl groups is 1. The number of benzene rings is 4. The predicted molar refractivity (Wildman–Crippen MR) is 166 cm³/mol. The maximum Gasteiger partial charge on any atom is 0.191 e. The van der Waals surface area contributed by atoms with Crippen LogP contribution < -0.4 is 18.9 Å². The molecule has 5 rings (SSSR count). The monoisotopic (exact) mass is 599 g/mol. The van der Waals surface area contributed by atoms with Crippen LogP contribution in [0.2, 0.25) is 0 Å². The van der Waals surface area contributed by atoms with Crippen LogP contribution in [0.25, 0.3) is 22.5 Å². The average Bonchev–Trinajstić information content (AvgIpc) is 3.45. The first-order valence-electron chi connectivity index (χ1n) is 13.6. The van der Waals surface area contributed by atoms with Gasteiger partial charge in [-0.25, -0.2) is 0 Å². The third-order valence-corrected chi connectivity index (χ3v) is 7.84. The topological polar surface area (TPSA) is 108 Å². The molecule has 4 aromatic carbocycles. The zero-order chi connectivity index (χ0) is 30.2. The Morgan fingerprint density at radius 3 is 2.12 bits per heavy atom. The van der Waals surface area contributed by atoms with Crippen LogP contribution in [0.3, 0.4) is 0 Å². The second kappa shape index (κ2) is 14.0. The fourth-order valence-electron chi connectivity index (χ4n) is 4.48. The summed E-state index contributed by atoms with van der Waals surface area (Å²) in [7, 11) is 4.85. The van der Waals surface area contributed by atoms with E-state index in [0.717, 1.165) is 28.0 Å². The van der Waals surface area contributed by atoms with E-state index < -0.39 is 6.10 Å². The van der Waals surface area contributed by atoms with Crippen molar-refractivity contribution in [1.82, 2.24) is 14.8 Å². The van der Waals surface area contributed by atoms with E-state index in [1.165, 1.54) is 11.8 Å². The van der Waals surface area contributed by atoms with Crippen LogP contribution in [0.15, 0.2) is 96.2 Å². The summed E-state index contributed by atoms with van der Waals surface area (Å²) in [6, 6.07) is 27.9. The number of aromatic hydroxyl groups is 1. The summed E-state index contributed by atoms with van der Waals surface area (Å²) in [5.74, 6) is 3.88. The van der Waals surface area contributed by atoms with Gasteiger partial charge in [0.05, 0.1) is 34.0 Å².